The average molecular weight is 518 g/mol. The number of nitrogens with one attached hydrogen (secondary N) is 1. The lowest BCUT2D eigenvalue weighted by atomic mass is 10.1. The number of carbonyl (C=O) groups excluding carboxylic acids is 2. The van der Waals surface area contributed by atoms with E-state index in [0.717, 1.165) is 18.2 Å². The maximum atomic E-state index is 13.3. The van der Waals surface area contributed by atoms with Gasteiger partial charge in [0.05, 0.1) is 19.1 Å². The Morgan fingerprint density at radius 3 is 2.19 bits per heavy atom. The molecule has 0 saturated heterocycles. The van der Waals surface area contributed by atoms with Gasteiger partial charge in [-0.2, -0.15) is 0 Å². The fourth-order valence-electron chi connectivity index (χ4n) is 3.79. The van der Waals surface area contributed by atoms with E-state index in [1.807, 2.05) is 44.2 Å². The van der Waals surface area contributed by atoms with Crippen LogP contribution in [0.1, 0.15) is 45.6 Å². The molecule has 198 valence electrons. The maximum absolute atomic E-state index is 13.3. The van der Waals surface area contributed by atoms with E-state index in [1.165, 1.54) is 4.31 Å². The van der Waals surface area contributed by atoms with Crippen molar-refractivity contribution in [3.63, 3.8) is 0 Å². The number of methoxy groups -OCH3 is 1. The Bertz CT molecular complexity index is 1070. The first-order valence-electron chi connectivity index (χ1n) is 12.3. The third-order valence-electron chi connectivity index (χ3n) is 6.17. The van der Waals surface area contributed by atoms with Crippen molar-refractivity contribution in [2.45, 2.75) is 58.5 Å². The average Bonchev–Trinajstić information content (AvgIpc) is 2.86. The van der Waals surface area contributed by atoms with Crippen LogP contribution in [0.4, 0.5) is 5.69 Å². The zero-order valence-electron chi connectivity index (χ0n) is 21.9. The van der Waals surface area contributed by atoms with Crippen molar-refractivity contribution in [1.82, 2.24) is 10.2 Å². The summed E-state index contributed by atoms with van der Waals surface area (Å²) in [5.74, 6) is 0.253. The molecule has 0 aromatic heterocycles. The molecule has 0 aliphatic carbocycles. The van der Waals surface area contributed by atoms with E-state index in [9.17, 15) is 18.0 Å². The Labute approximate surface area is 215 Å². The van der Waals surface area contributed by atoms with E-state index in [0.29, 0.717) is 30.8 Å². The van der Waals surface area contributed by atoms with Crippen LogP contribution in [0.3, 0.4) is 0 Å². The topological polar surface area (TPSA) is 96.0 Å². The predicted octanol–water partition coefficient (Wildman–Crippen LogP) is 3.62. The van der Waals surface area contributed by atoms with Crippen molar-refractivity contribution in [2.24, 2.45) is 0 Å². The molecule has 2 aromatic carbocycles. The minimum atomic E-state index is -3.54. The van der Waals surface area contributed by atoms with Crippen LogP contribution in [0, 0.1) is 0 Å². The van der Waals surface area contributed by atoms with Crippen molar-refractivity contribution >= 4 is 27.5 Å². The first-order chi connectivity index (χ1) is 17.1. The highest BCUT2D eigenvalue weighted by Gasteiger charge is 2.27. The number of anilines is 1. The molecule has 0 unspecified atom stereocenters. The van der Waals surface area contributed by atoms with Crippen LogP contribution >= 0.6 is 0 Å². The van der Waals surface area contributed by atoms with E-state index in [1.54, 1.807) is 43.2 Å². The Hall–Kier alpha value is -3.07. The third kappa shape index (κ3) is 8.86. The normalized spacial score (nSPS) is 12.9. The van der Waals surface area contributed by atoms with E-state index in [-0.39, 0.29) is 30.8 Å². The number of nitrogens with zero attached hydrogens (tertiary/aromatic N) is 2. The molecule has 36 heavy (non-hydrogen) atoms. The Kier molecular flexibility index (Phi) is 11.2. The number of rotatable bonds is 14. The molecule has 2 atom stereocenters. The summed E-state index contributed by atoms with van der Waals surface area (Å²) >= 11 is 0. The van der Waals surface area contributed by atoms with Gasteiger partial charge in [0.2, 0.25) is 21.8 Å². The Morgan fingerprint density at radius 2 is 1.64 bits per heavy atom. The molecule has 0 spiro atoms. The summed E-state index contributed by atoms with van der Waals surface area (Å²) in [4.78, 5) is 27.7. The second-order valence-corrected chi connectivity index (χ2v) is 10.9. The molecular formula is C27H39N3O5S. The molecule has 2 aromatic rings. The van der Waals surface area contributed by atoms with Crippen molar-refractivity contribution in [3.05, 3.63) is 60.2 Å². The number of hydrogen-bond acceptors (Lipinski definition) is 5. The second kappa shape index (κ2) is 13.9. The standard InChI is InChI=1S/C27H39N3O5S/c1-6-21(2)28-27(32)22(3)29(20-18-23-11-8-7-9-12-23)26(31)13-10-19-30(36(5,33)34)24-14-16-25(35-4)17-15-24/h7-9,11-12,14-17,21-22H,6,10,13,18-20H2,1-5H3,(H,28,32)/t21-,22+/m0/s1. The van der Waals surface area contributed by atoms with E-state index in [4.69, 9.17) is 4.74 Å². The zero-order chi connectivity index (χ0) is 26.7. The van der Waals surface area contributed by atoms with Gasteiger partial charge in [0, 0.05) is 25.6 Å². The van der Waals surface area contributed by atoms with Gasteiger partial charge in [-0.3, -0.25) is 13.9 Å². The summed E-state index contributed by atoms with van der Waals surface area (Å²) in [6, 6.07) is 15.9. The lowest BCUT2D eigenvalue weighted by molar-refractivity contribution is -0.140. The van der Waals surface area contributed by atoms with Crippen LogP contribution < -0.4 is 14.4 Å². The predicted molar refractivity (Wildman–Crippen MR) is 144 cm³/mol. The molecular weight excluding hydrogens is 478 g/mol. The molecule has 2 amide bonds. The van der Waals surface area contributed by atoms with Gasteiger partial charge >= 0.3 is 0 Å². The van der Waals surface area contributed by atoms with Crippen LogP contribution in [0.15, 0.2) is 54.6 Å². The lowest BCUT2D eigenvalue weighted by Gasteiger charge is -2.30. The van der Waals surface area contributed by atoms with Crippen LogP contribution in [0.2, 0.25) is 0 Å². The van der Waals surface area contributed by atoms with Crippen LogP contribution in [-0.2, 0) is 26.0 Å². The Balaban J connectivity index is 2.11. The highest BCUT2D eigenvalue weighted by atomic mass is 32.2. The highest BCUT2D eigenvalue weighted by molar-refractivity contribution is 7.92. The van der Waals surface area contributed by atoms with E-state index < -0.39 is 16.1 Å². The molecule has 2 rings (SSSR count). The van der Waals surface area contributed by atoms with Gasteiger partial charge in [0.15, 0.2) is 0 Å². The molecule has 0 bridgehead atoms. The van der Waals surface area contributed by atoms with Crippen LogP contribution in [-0.4, -0.2) is 63.7 Å². The number of carbonyl (C=O) groups is 2. The number of sulfonamides is 1. The SMILES string of the molecule is CC[C@H](C)NC(=O)[C@@H](C)N(CCc1ccccc1)C(=O)CCCN(c1ccc(OC)cc1)S(C)(=O)=O. The molecule has 0 saturated carbocycles. The highest BCUT2D eigenvalue weighted by Crippen LogP contribution is 2.22. The largest absolute Gasteiger partial charge is 0.497 e. The Morgan fingerprint density at radius 1 is 1.00 bits per heavy atom. The molecule has 8 nitrogen and oxygen atoms in total. The van der Waals surface area contributed by atoms with Gasteiger partial charge in [-0.05, 0) is 62.9 Å². The fourth-order valence-corrected chi connectivity index (χ4v) is 4.75. The zero-order valence-corrected chi connectivity index (χ0v) is 22.8. The summed E-state index contributed by atoms with van der Waals surface area (Å²) in [6.07, 6.45) is 3.00. The molecule has 1 N–H and O–H groups in total. The summed E-state index contributed by atoms with van der Waals surface area (Å²) in [6.45, 7) is 6.20. The minimum Gasteiger partial charge on any atom is -0.497 e. The quantitative estimate of drug-likeness (QED) is 0.413. The van der Waals surface area contributed by atoms with E-state index in [2.05, 4.69) is 5.32 Å². The molecule has 0 aliphatic heterocycles. The number of ether oxygens (including phenoxy) is 1. The molecule has 0 heterocycles. The molecule has 0 fully saturated rings. The van der Waals surface area contributed by atoms with Crippen molar-refractivity contribution in [3.8, 4) is 5.75 Å². The third-order valence-corrected chi connectivity index (χ3v) is 7.36. The number of amides is 2. The van der Waals surface area contributed by atoms with Crippen molar-refractivity contribution in [2.75, 3.05) is 30.8 Å². The van der Waals surface area contributed by atoms with Gasteiger partial charge in [-0.15, -0.1) is 0 Å². The lowest BCUT2D eigenvalue weighted by Crippen LogP contribution is -2.50. The summed E-state index contributed by atoms with van der Waals surface area (Å²) < 4.78 is 31.3. The van der Waals surface area contributed by atoms with Gasteiger partial charge in [-0.1, -0.05) is 37.3 Å². The smallest absolute Gasteiger partial charge is 0.242 e. The number of hydrogen-bond donors (Lipinski definition) is 1. The van der Waals surface area contributed by atoms with Crippen molar-refractivity contribution < 1.29 is 22.7 Å². The summed E-state index contributed by atoms with van der Waals surface area (Å²) in [5.41, 5.74) is 1.58. The number of benzene rings is 2. The fraction of sp³-hybridized carbons (Fsp3) is 0.481. The first-order valence-corrected chi connectivity index (χ1v) is 14.2. The molecule has 9 heteroatoms. The van der Waals surface area contributed by atoms with Crippen LogP contribution in [0.5, 0.6) is 5.75 Å². The second-order valence-electron chi connectivity index (χ2n) is 8.95. The van der Waals surface area contributed by atoms with Crippen LogP contribution in [0.25, 0.3) is 0 Å². The first kappa shape index (κ1) is 29.2. The van der Waals surface area contributed by atoms with Gasteiger partial charge in [-0.25, -0.2) is 8.42 Å². The summed E-state index contributed by atoms with van der Waals surface area (Å²) in [5, 5.41) is 2.96. The van der Waals surface area contributed by atoms with Gasteiger partial charge < -0.3 is 15.0 Å². The molecule has 0 radical (unpaired) electrons. The van der Waals surface area contributed by atoms with Gasteiger partial charge in [0.25, 0.3) is 0 Å². The van der Waals surface area contributed by atoms with Gasteiger partial charge in [0.1, 0.15) is 11.8 Å². The van der Waals surface area contributed by atoms with E-state index >= 15 is 0 Å². The maximum Gasteiger partial charge on any atom is 0.242 e. The summed E-state index contributed by atoms with van der Waals surface area (Å²) in [7, 11) is -2.00. The molecule has 0 aliphatic rings. The van der Waals surface area contributed by atoms with Crippen molar-refractivity contribution in [1.29, 1.82) is 0 Å². The monoisotopic (exact) mass is 517 g/mol. The minimum absolute atomic E-state index is 0.0128.